The number of carbonyl (C=O) groups excluding carboxylic acids is 2. The Bertz CT molecular complexity index is 753. The summed E-state index contributed by atoms with van der Waals surface area (Å²) in [6.45, 7) is 6.02. The first-order valence-corrected chi connectivity index (χ1v) is 8.13. The molecule has 0 radical (unpaired) electrons. The molecular weight excluding hydrogens is 306 g/mol. The summed E-state index contributed by atoms with van der Waals surface area (Å²) in [4.78, 5) is 28.7. The summed E-state index contributed by atoms with van der Waals surface area (Å²) in [5.41, 5.74) is 2.08. The van der Waals surface area contributed by atoms with Gasteiger partial charge in [0.15, 0.2) is 5.69 Å². The fourth-order valence-corrected chi connectivity index (χ4v) is 2.91. The fourth-order valence-electron chi connectivity index (χ4n) is 2.91. The van der Waals surface area contributed by atoms with Crippen molar-refractivity contribution in [1.29, 1.82) is 0 Å². The normalized spacial score (nSPS) is 15.2. The maximum Gasteiger partial charge on any atom is 0.276 e. The summed E-state index contributed by atoms with van der Waals surface area (Å²) in [7, 11) is 0. The molecule has 0 aliphatic carbocycles. The predicted molar refractivity (Wildman–Crippen MR) is 88.8 cm³/mol. The lowest BCUT2D eigenvalue weighted by Gasteiger charge is -2.21. The van der Waals surface area contributed by atoms with Crippen LogP contribution >= 0.6 is 0 Å². The molecule has 24 heavy (non-hydrogen) atoms. The van der Waals surface area contributed by atoms with Crippen molar-refractivity contribution in [3.05, 3.63) is 52.9 Å². The molecule has 0 bridgehead atoms. The van der Waals surface area contributed by atoms with Gasteiger partial charge < -0.3 is 14.3 Å². The monoisotopic (exact) mass is 327 g/mol. The van der Waals surface area contributed by atoms with E-state index in [2.05, 4.69) is 5.16 Å². The molecule has 6 nitrogen and oxygen atoms in total. The zero-order valence-corrected chi connectivity index (χ0v) is 14.0. The number of benzene rings is 1. The standard InChI is InChI=1S/C18H21N3O3/c1-13-5-3-6-15(11-13)17(22)20-7-4-8-21(10-9-20)18(23)16-12-14(2)24-19-16/h3,5-6,11-12H,4,7-10H2,1-2H3. The van der Waals surface area contributed by atoms with Crippen molar-refractivity contribution in [1.82, 2.24) is 15.0 Å². The number of aromatic nitrogens is 1. The smallest absolute Gasteiger partial charge is 0.276 e. The molecule has 0 saturated carbocycles. The van der Waals surface area contributed by atoms with E-state index >= 15 is 0 Å². The van der Waals surface area contributed by atoms with E-state index in [0.717, 1.165) is 12.0 Å². The maximum absolute atomic E-state index is 12.6. The molecule has 2 heterocycles. The van der Waals surface area contributed by atoms with Gasteiger partial charge in [0.2, 0.25) is 0 Å². The molecule has 126 valence electrons. The SMILES string of the molecule is Cc1cccc(C(=O)N2CCCN(C(=O)c3cc(C)on3)CC2)c1. The second kappa shape index (κ2) is 6.86. The van der Waals surface area contributed by atoms with E-state index in [0.29, 0.717) is 43.2 Å². The van der Waals surface area contributed by atoms with E-state index in [9.17, 15) is 9.59 Å². The van der Waals surface area contributed by atoms with Gasteiger partial charge in [-0.1, -0.05) is 22.9 Å². The molecule has 0 atom stereocenters. The Morgan fingerprint density at radius 1 is 1.00 bits per heavy atom. The van der Waals surface area contributed by atoms with Gasteiger partial charge in [-0.2, -0.15) is 0 Å². The number of amides is 2. The molecule has 1 aromatic carbocycles. The van der Waals surface area contributed by atoms with E-state index in [1.54, 1.807) is 17.9 Å². The van der Waals surface area contributed by atoms with E-state index in [1.807, 2.05) is 36.1 Å². The minimum absolute atomic E-state index is 0.0188. The minimum Gasteiger partial charge on any atom is -0.361 e. The molecule has 2 amide bonds. The molecule has 0 N–H and O–H groups in total. The van der Waals surface area contributed by atoms with Gasteiger partial charge in [-0.3, -0.25) is 9.59 Å². The van der Waals surface area contributed by atoms with Crippen molar-refractivity contribution in [2.45, 2.75) is 20.3 Å². The van der Waals surface area contributed by atoms with Gasteiger partial charge in [0.25, 0.3) is 11.8 Å². The zero-order valence-electron chi connectivity index (χ0n) is 14.0. The number of aryl methyl sites for hydroxylation is 2. The number of hydrogen-bond acceptors (Lipinski definition) is 4. The highest BCUT2D eigenvalue weighted by Crippen LogP contribution is 2.13. The fraction of sp³-hybridized carbons (Fsp3) is 0.389. The Labute approximate surface area is 141 Å². The first kappa shape index (κ1) is 16.2. The van der Waals surface area contributed by atoms with Crippen LogP contribution in [0.2, 0.25) is 0 Å². The van der Waals surface area contributed by atoms with Crippen LogP contribution in [0.15, 0.2) is 34.9 Å². The van der Waals surface area contributed by atoms with Crippen LogP contribution in [0.1, 0.15) is 38.6 Å². The van der Waals surface area contributed by atoms with Crippen LogP contribution in [0, 0.1) is 13.8 Å². The van der Waals surface area contributed by atoms with Crippen molar-refractivity contribution >= 4 is 11.8 Å². The van der Waals surface area contributed by atoms with Gasteiger partial charge in [-0.15, -0.1) is 0 Å². The molecule has 0 spiro atoms. The first-order chi connectivity index (χ1) is 11.5. The summed E-state index contributed by atoms with van der Waals surface area (Å²) in [5, 5.41) is 3.79. The van der Waals surface area contributed by atoms with E-state index in [1.165, 1.54) is 0 Å². The lowest BCUT2D eigenvalue weighted by Crippen LogP contribution is -2.37. The van der Waals surface area contributed by atoms with Gasteiger partial charge in [0.05, 0.1) is 0 Å². The van der Waals surface area contributed by atoms with Gasteiger partial charge >= 0.3 is 0 Å². The highest BCUT2D eigenvalue weighted by molar-refractivity contribution is 5.95. The highest BCUT2D eigenvalue weighted by Gasteiger charge is 2.25. The molecule has 1 aliphatic heterocycles. The number of rotatable bonds is 2. The Morgan fingerprint density at radius 3 is 2.33 bits per heavy atom. The Balaban J connectivity index is 1.66. The summed E-state index contributed by atoms with van der Waals surface area (Å²) in [5.74, 6) is 0.492. The lowest BCUT2D eigenvalue weighted by atomic mass is 10.1. The van der Waals surface area contributed by atoms with Crippen molar-refractivity contribution < 1.29 is 14.1 Å². The van der Waals surface area contributed by atoms with Crippen LogP contribution in [0.4, 0.5) is 0 Å². The molecular formula is C18H21N3O3. The highest BCUT2D eigenvalue weighted by atomic mass is 16.5. The maximum atomic E-state index is 12.6. The lowest BCUT2D eigenvalue weighted by molar-refractivity contribution is 0.0713. The largest absolute Gasteiger partial charge is 0.361 e. The van der Waals surface area contributed by atoms with Crippen LogP contribution in [0.3, 0.4) is 0 Å². The van der Waals surface area contributed by atoms with E-state index < -0.39 is 0 Å². The third-order valence-corrected chi connectivity index (χ3v) is 4.18. The average molecular weight is 327 g/mol. The third kappa shape index (κ3) is 3.48. The second-order valence-corrected chi connectivity index (χ2v) is 6.13. The summed E-state index contributed by atoms with van der Waals surface area (Å²) < 4.78 is 4.97. The molecule has 6 heteroatoms. The van der Waals surface area contributed by atoms with Crippen molar-refractivity contribution in [2.24, 2.45) is 0 Å². The molecule has 0 unspecified atom stereocenters. The van der Waals surface area contributed by atoms with E-state index in [-0.39, 0.29) is 11.8 Å². The molecule has 3 rings (SSSR count). The number of carbonyl (C=O) groups is 2. The Hall–Kier alpha value is -2.63. The quantitative estimate of drug-likeness (QED) is 0.849. The van der Waals surface area contributed by atoms with Crippen molar-refractivity contribution in [3.63, 3.8) is 0 Å². The van der Waals surface area contributed by atoms with Crippen LogP contribution in [-0.4, -0.2) is 52.9 Å². The molecule has 1 saturated heterocycles. The zero-order chi connectivity index (χ0) is 17.1. The topological polar surface area (TPSA) is 66.7 Å². The van der Waals surface area contributed by atoms with Crippen LogP contribution in [0.5, 0.6) is 0 Å². The first-order valence-electron chi connectivity index (χ1n) is 8.13. The number of hydrogen-bond donors (Lipinski definition) is 0. The van der Waals surface area contributed by atoms with Crippen molar-refractivity contribution in [2.75, 3.05) is 26.2 Å². The van der Waals surface area contributed by atoms with E-state index in [4.69, 9.17) is 4.52 Å². The van der Waals surface area contributed by atoms with Crippen LogP contribution in [0.25, 0.3) is 0 Å². The molecule has 1 aliphatic rings. The summed E-state index contributed by atoms with van der Waals surface area (Å²) in [6, 6.07) is 9.24. The Kier molecular flexibility index (Phi) is 4.64. The van der Waals surface area contributed by atoms with Crippen LogP contribution < -0.4 is 0 Å². The van der Waals surface area contributed by atoms with Gasteiger partial charge in [0.1, 0.15) is 5.76 Å². The molecule has 1 aromatic heterocycles. The second-order valence-electron chi connectivity index (χ2n) is 6.13. The van der Waals surface area contributed by atoms with Gasteiger partial charge in [-0.05, 0) is 32.4 Å². The predicted octanol–water partition coefficient (Wildman–Crippen LogP) is 2.28. The average Bonchev–Trinajstić information content (AvgIpc) is 2.86. The number of nitrogens with zero attached hydrogens (tertiary/aromatic N) is 3. The summed E-state index contributed by atoms with van der Waals surface area (Å²) >= 11 is 0. The third-order valence-electron chi connectivity index (χ3n) is 4.18. The molecule has 2 aromatic rings. The van der Waals surface area contributed by atoms with Gasteiger partial charge in [0, 0.05) is 37.8 Å². The molecule has 1 fully saturated rings. The van der Waals surface area contributed by atoms with Gasteiger partial charge in [-0.25, -0.2) is 0 Å². The van der Waals surface area contributed by atoms with Crippen molar-refractivity contribution in [3.8, 4) is 0 Å². The van der Waals surface area contributed by atoms with Crippen LogP contribution in [-0.2, 0) is 0 Å². The summed E-state index contributed by atoms with van der Waals surface area (Å²) in [6.07, 6.45) is 0.750. The minimum atomic E-state index is -0.142. The Morgan fingerprint density at radius 2 is 1.71 bits per heavy atom.